The number of hydrogen-bond donors (Lipinski definition) is 0. The van der Waals surface area contributed by atoms with Crippen molar-refractivity contribution < 1.29 is 4.79 Å². The Hall–Kier alpha value is -2.33. The summed E-state index contributed by atoms with van der Waals surface area (Å²) in [6.45, 7) is 2.77. The average Bonchev–Trinajstić information content (AvgIpc) is 2.85. The lowest BCUT2D eigenvalue weighted by Gasteiger charge is -2.18. The number of likely N-dealkylation sites (N-methyl/N-ethyl adjacent to an activating group) is 1. The normalized spacial score (nSPS) is 10.9. The first-order valence-corrected chi connectivity index (χ1v) is 7.82. The van der Waals surface area contributed by atoms with Crippen molar-refractivity contribution in [3.05, 3.63) is 64.9 Å². The Morgan fingerprint density at radius 3 is 2.61 bits per heavy atom. The highest BCUT2D eigenvalue weighted by Gasteiger charge is 2.14. The van der Waals surface area contributed by atoms with Crippen molar-refractivity contribution in [3.63, 3.8) is 0 Å². The fraction of sp³-hybridized carbons (Fsp3) is 0.222. The van der Waals surface area contributed by atoms with Crippen molar-refractivity contribution in [1.29, 1.82) is 0 Å². The molecular weight excluding hydrogens is 310 g/mol. The first-order chi connectivity index (χ1) is 11.0. The number of nitrogens with zero attached hydrogens (tertiary/aromatic N) is 3. The molecule has 0 atom stereocenters. The summed E-state index contributed by atoms with van der Waals surface area (Å²) in [6.07, 6.45) is 0. The van der Waals surface area contributed by atoms with E-state index in [9.17, 15) is 4.79 Å². The third kappa shape index (κ3) is 3.37. The van der Waals surface area contributed by atoms with Gasteiger partial charge in [-0.3, -0.25) is 4.79 Å². The highest BCUT2D eigenvalue weighted by Crippen LogP contribution is 2.16. The predicted octanol–water partition coefficient (Wildman–Crippen LogP) is 3.66. The zero-order valence-electron chi connectivity index (χ0n) is 13.2. The van der Waals surface area contributed by atoms with E-state index in [0.717, 1.165) is 22.4 Å². The molecule has 118 valence electrons. The smallest absolute Gasteiger partial charge is 0.242 e. The van der Waals surface area contributed by atoms with Gasteiger partial charge >= 0.3 is 0 Å². The number of aromatic nitrogens is 2. The van der Waals surface area contributed by atoms with Crippen LogP contribution in [0.1, 0.15) is 11.4 Å². The van der Waals surface area contributed by atoms with Crippen molar-refractivity contribution in [2.75, 3.05) is 7.05 Å². The quantitative estimate of drug-likeness (QED) is 0.733. The highest BCUT2D eigenvalue weighted by atomic mass is 35.5. The maximum Gasteiger partial charge on any atom is 0.242 e. The van der Waals surface area contributed by atoms with Crippen LogP contribution in [0.5, 0.6) is 0 Å². The Morgan fingerprint density at radius 2 is 1.87 bits per heavy atom. The second-order valence-electron chi connectivity index (χ2n) is 5.61. The van der Waals surface area contributed by atoms with Crippen molar-refractivity contribution in [1.82, 2.24) is 14.5 Å². The van der Waals surface area contributed by atoms with E-state index in [4.69, 9.17) is 11.6 Å². The Morgan fingerprint density at radius 1 is 1.17 bits per heavy atom. The fourth-order valence-electron chi connectivity index (χ4n) is 2.60. The molecule has 0 saturated heterocycles. The molecule has 0 saturated carbocycles. The van der Waals surface area contributed by atoms with Gasteiger partial charge in [-0.25, -0.2) is 4.98 Å². The minimum atomic E-state index is 0.0474. The third-order valence-electron chi connectivity index (χ3n) is 3.90. The molecule has 0 fully saturated rings. The minimum Gasteiger partial charge on any atom is -0.340 e. The molecule has 0 aliphatic heterocycles. The number of amides is 1. The number of fused-ring (bicyclic) bond motifs is 1. The van der Waals surface area contributed by atoms with Crippen LogP contribution in [0.3, 0.4) is 0 Å². The largest absolute Gasteiger partial charge is 0.340 e. The summed E-state index contributed by atoms with van der Waals surface area (Å²) in [5, 5.41) is 0.697. The summed E-state index contributed by atoms with van der Waals surface area (Å²) in [5.74, 6) is 0.894. The Kier molecular flexibility index (Phi) is 4.35. The van der Waals surface area contributed by atoms with Gasteiger partial charge in [-0.2, -0.15) is 0 Å². The Labute approximate surface area is 140 Å². The number of benzene rings is 2. The molecule has 23 heavy (non-hydrogen) atoms. The number of aryl methyl sites for hydroxylation is 1. The van der Waals surface area contributed by atoms with E-state index in [1.165, 1.54) is 0 Å². The maximum atomic E-state index is 12.5. The standard InChI is InChI=1S/C18H18ClN3O/c1-13-20-16-5-3-4-6-17(16)22(13)12-18(23)21(2)11-14-7-9-15(19)10-8-14/h3-10H,11-12H2,1-2H3. The second-order valence-corrected chi connectivity index (χ2v) is 6.05. The molecule has 3 aromatic rings. The van der Waals surface area contributed by atoms with Gasteiger partial charge in [0.25, 0.3) is 0 Å². The maximum absolute atomic E-state index is 12.5. The van der Waals surface area contributed by atoms with Gasteiger partial charge in [-0.15, -0.1) is 0 Å². The molecule has 0 spiro atoms. The minimum absolute atomic E-state index is 0.0474. The lowest BCUT2D eigenvalue weighted by atomic mass is 10.2. The predicted molar refractivity (Wildman–Crippen MR) is 92.4 cm³/mol. The summed E-state index contributed by atoms with van der Waals surface area (Å²) in [7, 11) is 1.81. The van der Waals surface area contributed by atoms with E-state index in [0.29, 0.717) is 11.6 Å². The van der Waals surface area contributed by atoms with Gasteiger partial charge in [0, 0.05) is 18.6 Å². The number of carbonyl (C=O) groups is 1. The first-order valence-electron chi connectivity index (χ1n) is 7.45. The van der Waals surface area contributed by atoms with Crippen LogP contribution in [0, 0.1) is 6.92 Å². The van der Waals surface area contributed by atoms with Crippen LogP contribution in [0.15, 0.2) is 48.5 Å². The van der Waals surface area contributed by atoms with Crippen molar-refractivity contribution >= 4 is 28.5 Å². The Balaban J connectivity index is 1.75. The average molecular weight is 328 g/mol. The number of carbonyl (C=O) groups excluding carboxylic acids is 1. The molecule has 3 rings (SSSR count). The molecular formula is C18H18ClN3O. The monoisotopic (exact) mass is 327 g/mol. The molecule has 5 heteroatoms. The molecule has 1 aromatic heterocycles. The molecule has 1 heterocycles. The van der Waals surface area contributed by atoms with Crippen LogP contribution in [-0.2, 0) is 17.9 Å². The molecule has 0 unspecified atom stereocenters. The third-order valence-corrected chi connectivity index (χ3v) is 4.15. The van der Waals surface area contributed by atoms with Gasteiger partial charge in [0.1, 0.15) is 12.4 Å². The lowest BCUT2D eigenvalue weighted by Crippen LogP contribution is -2.30. The molecule has 0 N–H and O–H groups in total. The summed E-state index contributed by atoms with van der Waals surface area (Å²) < 4.78 is 1.95. The number of rotatable bonds is 4. The fourth-order valence-corrected chi connectivity index (χ4v) is 2.73. The first kappa shape index (κ1) is 15.6. The molecule has 0 aliphatic rings. The van der Waals surface area contributed by atoms with Gasteiger partial charge in [-0.05, 0) is 36.8 Å². The molecule has 0 radical (unpaired) electrons. The van der Waals surface area contributed by atoms with Crippen LogP contribution in [-0.4, -0.2) is 27.4 Å². The molecule has 0 bridgehead atoms. The second kappa shape index (κ2) is 6.42. The van der Waals surface area contributed by atoms with Crippen molar-refractivity contribution in [2.45, 2.75) is 20.0 Å². The van der Waals surface area contributed by atoms with Crippen LogP contribution >= 0.6 is 11.6 Å². The SMILES string of the molecule is Cc1nc2ccccc2n1CC(=O)N(C)Cc1ccc(Cl)cc1. The van der Waals surface area contributed by atoms with E-state index in [1.807, 2.05) is 67.1 Å². The van der Waals surface area contributed by atoms with Crippen LogP contribution < -0.4 is 0 Å². The molecule has 4 nitrogen and oxygen atoms in total. The number of halogens is 1. The zero-order chi connectivity index (χ0) is 16.4. The number of imidazole rings is 1. The topological polar surface area (TPSA) is 38.1 Å². The number of hydrogen-bond acceptors (Lipinski definition) is 2. The van der Waals surface area contributed by atoms with Crippen molar-refractivity contribution in [3.8, 4) is 0 Å². The number of para-hydroxylation sites is 2. The summed E-state index contributed by atoms with van der Waals surface area (Å²) in [6, 6.07) is 15.4. The van der Waals surface area contributed by atoms with Gasteiger partial charge in [0.15, 0.2) is 0 Å². The highest BCUT2D eigenvalue weighted by molar-refractivity contribution is 6.30. The summed E-state index contributed by atoms with van der Waals surface area (Å²) in [4.78, 5) is 18.7. The van der Waals surface area contributed by atoms with Crippen molar-refractivity contribution in [2.24, 2.45) is 0 Å². The van der Waals surface area contributed by atoms with E-state index in [2.05, 4.69) is 4.98 Å². The molecule has 1 amide bonds. The summed E-state index contributed by atoms with van der Waals surface area (Å²) in [5.41, 5.74) is 2.95. The van der Waals surface area contributed by atoms with Crippen LogP contribution in [0.4, 0.5) is 0 Å². The van der Waals surface area contributed by atoms with Crippen LogP contribution in [0.2, 0.25) is 5.02 Å². The van der Waals surface area contributed by atoms with E-state index >= 15 is 0 Å². The van der Waals surface area contributed by atoms with E-state index in [1.54, 1.807) is 4.90 Å². The van der Waals surface area contributed by atoms with Crippen LogP contribution in [0.25, 0.3) is 11.0 Å². The van der Waals surface area contributed by atoms with Gasteiger partial charge in [-0.1, -0.05) is 35.9 Å². The van der Waals surface area contributed by atoms with Gasteiger partial charge in [0.05, 0.1) is 11.0 Å². The molecule has 2 aromatic carbocycles. The molecule has 0 aliphatic carbocycles. The van der Waals surface area contributed by atoms with Gasteiger partial charge in [0.2, 0.25) is 5.91 Å². The zero-order valence-corrected chi connectivity index (χ0v) is 13.9. The van der Waals surface area contributed by atoms with Gasteiger partial charge < -0.3 is 9.47 Å². The lowest BCUT2D eigenvalue weighted by molar-refractivity contribution is -0.131. The van der Waals surface area contributed by atoms with E-state index in [-0.39, 0.29) is 12.5 Å². The Bertz CT molecular complexity index is 839. The van der Waals surface area contributed by atoms with E-state index < -0.39 is 0 Å². The summed E-state index contributed by atoms with van der Waals surface area (Å²) >= 11 is 5.89.